The van der Waals surface area contributed by atoms with Gasteiger partial charge < -0.3 is 10.1 Å². The summed E-state index contributed by atoms with van der Waals surface area (Å²) >= 11 is 3.40. The van der Waals surface area contributed by atoms with E-state index < -0.39 is 16.8 Å². The van der Waals surface area contributed by atoms with Crippen LogP contribution in [0.25, 0.3) is 0 Å². The Kier molecular flexibility index (Phi) is 6.55. The second-order valence-corrected chi connectivity index (χ2v) is 6.29. The van der Waals surface area contributed by atoms with Crippen LogP contribution >= 0.6 is 15.9 Å². The molecule has 2 aromatic carbocycles. The maximum atomic E-state index is 12.6. The topological polar surface area (TPSA) is 55.4 Å². The van der Waals surface area contributed by atoms with E-state index in [9.17, 15) is 9.59 Å². The van der Waals surface area contributed by atoms with Gasteiger partial charge in [0, 0.05) is 0 Å². The fraction of sp³-hybridized carbons (Fsp3) is 0.263. The lowest BCUT2D eigenvalue weighted by atomic mass is 10.1. The average Bonchev–Trinajstić information content (AvgIpc) is 2.60. The number of rotatable bonds is 6. The van der Waals surface area contributed by atoms with Crippen molar-refractivity contribution in [3.8, 4) is 0 Å². The molecule has 0 fully saturated rings. The quantitative estimate of drug-likeness (QED) is 0.602. The van der Waals surface area contributed by atoms with Crippen LogP contribution in [0.1, 0.15) is 34.5 Å². The first kappa shape index (κ1) is 18.2. The molecule has 0 unspecified atom stereocenters. The monoisotopic (exact) mass is 389 g/mol. The number of halogens is 1. The molecule has 2 aromatic rings. The number of ether oxygens (including phenoxy) is 1. The summed E-state index contributed by atoms with van der Waals surface area (Å²) in [6, 6.07) is 15.9. The number of hydrogen-bond donors (Lipinski definition) is 1. The number of benzene rings is 2. The first-order valence-corrected chi connectivity index (χ1v) is 8.67. The minimum atomic E-state index is -0.829. The normalized spacial score (nSPS) is 13.0. The van der Waals surface area contributed by atoms with E-state index in [0.29, 0.717) is 5.56 Å². The number of esters is 1. The Morgan fingerprint density at radius 3 is 2.25 bits per heavy atom. The molecule has 2 atom stereocenters. The van der Waals surface area contributed by atoms with E-state index in [4.69, 9.17) is 4.74 Å². The van der Waals surface area contributed by atoms with Gasteiger partial charge in [-0.3, -0.25) is 4.79 Å². The van der Waals surface area contributed by atoms with E-state index in [2.05, 4.69) is 21.2 Å². The first-order chi connectivity index (χ1) is 11.5. The van der Waals surface area contributed by atoms with Crippen molar-refractivity contribution in [1.82, 2.24) is 5.32 Å². The summed E-state index contributed by atoms with van der Waals surface area (Å²) in [6.07, 6.45) is 0. The third kappa shape index (κ3) is 4.68. The van der Waals surface area contributed by atoms with Crippen molar-refractivity contribution < 1.29 is 14.3 Å². The van der Waals surface area contributed by atoms with E-state index in [-0.39, 0.29) is 12.5 Å². The Balaban J connectivity index is 2.17. The van der Waals surface area contributed by atoms with Gasteiger partial charge in [-0.1, -0.05) is 76.1 Å². The van der Waals surface area contributed by atoms with Gasteiger partial charge in [0.1, 0.15) is 4.83 Å². The minimum Gasteiger partial charge on any atom is -0.464 e. The predicted octanol–water partition coefficient (Wildman–Crippen LogP) is 3.85. The molecular weight excluding hydrogens is 370 g/mol. The van der Waals surface area contributed by atoms with Crippen molar-refractivity contribution in [2.45, 2.75) is 24.7 Å². The highest BCUT2D eigenvalue weighted by Crippen LogP contribution is 2.25. The van der Waals surface area contributed by atoms with E-state index in [1.165, 1.54) is 0 Å². The van der Waals surface area contributed by atoms with Gasteiger partial charge >= 0.3 is 5.97 Å². The predicted molar refractivity (Wildman–Crippen MR) is 96.8 cm³/mol. The Morgan fingerprint density at radius 2 is 1.67 bits per heavy atom. The zero-order valence-corrected chi connectivity index (χ0v) is 15.2. The largest absolute Gasteiger partial charge is 0.464 e. The van der Waals surface area contributed by atoms with Gasteiger partial charge in [0.25, 0.3) is 0 Å². The molecule has 0 saturated heterocycles. The zero-order valence-electron chi connectivity index (χ0n) is 13.7. The third-order valence-corrected chi connectivity index (χ3v) is 4.49. The molecule has 0 spiro atoms. The molecule has 0 aliphatic rings. The molecule has 5 heteroatoms. The maximum Gasteiger partial charge on any atom is 0.333 e. The lowest BCUT2D eigenvalue weighted by Crippen LogP contribution is -2.36. The molecule has 0 saturated carbocycles. The molecule has 2 rings (SSSR count). The smallest absolute Gasteiger partial charge is 0.333 e. The minimum absolute atomic E-state index is 0.258. The summed E-state index contributed by atoms with van der Waals surface area (Å²) in [5.41, 5.74) is 2.63. The molecular formula is C19H20BrNO3. The molecule has 0 aliphatic heterocycles. The number of carbonyl (C=O) groups is 2. The molecule has 1 amide bonds. The Hall–Kier alpha value is -2.14. The molecule has 0 aromatic heterocycles. The average molecular weight is 390 g/mol. The molecule has 1 N–H and O–H groups in total. The highest BCUT2D eigenvalue weighted by atomic mass is 79.9. The van der Waals surface area contributed by atoms with Gasteiger partial charge in [-0.15, -0.1) is 0 Å². The SMILES string of the molecule is CCOC(=O)[C@H](NC(=O)[C@@H](Br)c1ccc(C)cc1)c1ccccc1. The van der Waals surface area contributed by atoms with Crippen LogP contribution in [0.15, 0.2) is 54.6 Å². The Morgan fingerprint density at radius 1 is 1.04 bits per heavy atom. The lowest BCUT2D eigenvalue weighted by molar-refractivity contribution is -0.147. The number of nitrogens with one attached hydrogen (secondary N) is 1. The van der Waals surface area contributed by atoms with E-state index in [1.54, 1.807) is 19.1 Å². The Labute approximate surface area is 150 Å². The number of carbonyl (C=O) groups excluding carboxylic acids is 2. The van der Waals surface area contributed by atoms with Crippen LogP contribution in [-0.2, 0) is 14.3 Å². The molecule has 4 nitrogen and oxygen atoms in total. The van der Waals surface area contributed by atoms with Crippen LogP contribution in [0.5, 0.6) is 0 Å². The van der Waals surface area contributed by atoms with Crippen molar-refractivity contribution in [1.29, 1.82) is 0 Å². The zero-order chi connectivity index (χ0) is 17.5. The van der Waals surface area contributed by atoms with Gasteiger partial charge in [-0.25, -0.2) is 4.79 Å². The fourth-order valence-electron chi connectivity index (χ4n) is 2.25. The number of hydrogen-bond acceptors (Lipinski definition) is 3. The van der Waals surface area contributed by atoms with Crippen LogP contribution in [0.2, 0.25) is 0 Å². The van der Waals surface area contributed by atoms with Crippen LogP contribution in [0.3, 0.4) is 0 Å². The van der Waals surface area contributed by atoms with Gasteiger partial charge in [0.05, 0.1) is 6.61 Å². The van der Waals surface area contributed by atoms with Crippen molar-refractivity contribution in [3.63, 3.8) is 0 Å². The molecule has 0 heterocycles. The lowest BCUT2D eigenvalue weighted by Gasteiger charge is -2.19. The number of alkyl halides is 1. The fourth-order valence-corrected chi connectivity index (χ4v) is 2.69. The van der Waals surface area contributed by atoms with Crippen molar-refractivity contribution in [2.24, 2.45) is 0 Å². The summed E-state index contributed by atoms with van der Waals surface area (Å²) in [7, 11) is 0. The van der Waals surface area contributed by atoms with Crippen molar-refractivity contribution >= 4 is 27.8 Å². The molecule has 0 radical (unpaired) electrons. The number of aryl methyl sites for hydroxylation is 1. The highest BCUT2D eigenvalue weighted by molar-refractivity contribution is 9.09. The van der Waals surface area contributed by atoms with Gasteiger partial charge in [-0.05, 0) is 25.0 Å². The van der Waals surface area contributed by atoms with E-state index >= 15 is 0 Å². The third-order valence-electron chi connectivity index (χ3n) is 3.54. The van der Waals surface area contributed by atoms with Crippen LogP contribution < -0.4 is 5.32 Å². The second kappa shape index (κ2) is 8.64. The summed E-state index contributed by atoms with van der Waals surface area (Å²) in [6.45, 7) is 3.98. The van der Waals surface area contributed by atoms with Gasteiger partial charge in [0.2, 0.25) is 5.91 Å². The summed E-state index contributed by atoms with van der Waals surface area (Å²) in [4.78, 5) is 24.2. The van der Waals surface area contributed by atoms with Crippen LogP contribution in [0.4, 0.5) is 0 Å². The van der Waals surface area contributed by atoms with Gasteiger partial charge in [-0.2, -0.15) is 0 Å². The Bertz CT molecular complexity index is 686. The van der Waals surface area contributed by atoms with Crippen LogP contribution in [0, 0.1) is 6.92 Å². The second-order valence-electron chi connectivity index (χ2n) is 5.38. The summed E-state index contributed by atoms with van der Waals surface area (Å²) in [5.74, 6) is -0.763. The van der Waals surface area contributed by atoms with Crippen molar-refractivity contribution in [2.75, 3.05) is 6.61 Å². The summed E-state index contributed by atoms with van der Waals surface area (Å²) in [5, 5.41) is 2.77. The van der Waals surface area contributed by atoms with Crippen LogP contribution in [-0.4, -0.2) is 18.5 Å². The van der Waals surface area contributed by atoms with Crippen molar-refractivity contribution in [3.05, 3.63) is 71.3 Å². The molecule has 24 heavy (non-hydrogen) atoms. The highest BCUT2D eigenvalue weighted by Gasteiger charge is 2.27. The molecule has 0 aliphatic carbocycles. The number of amides is 1. The standard InChI is InChI=1S/C19H20BrNO3/c1-3-24-19(23)17(15-7-5-4-6-8-15)21-18(22)16(20)14-11-9-13(2)10-12-14/h4-12,16-17H,3H2,1-2H3,(H,21,22)/t16-,17+/m0/s1. The molecule has 126 valence electrons. The van der Waals surface area contributed by atoms with E-state index in [1.807, 2.05) is 49.4 Å². The van der Waals surface area contributed by atoms with Gasteiger partial charge in [0.15, 0.2) is 6.04 Å². The maximum absolute atomic E-state index is 12.6. The summed E-state index contributed by atoms with van der Waals surface area (Å²) < 4.78 is 5.09. The first-order valence-electron chi connectivity index (χ1n) is 7.75. The van der Waals surface area contributed by atoms with E-state index in [0.717, 1.165) is 11.1 Å². The molecule has 0 bridgehead atoms.